The summed E-state index contributed by atoms with van der Waals surface area (Å²) >= 11 is 0. The van der Waals surface area contributed by atoms with Crippen molar-refractivity contribution in [1.82, 2.24) is 0 Å². The highest BCUT2D eigenvalue weighted by Crippen LogP contribution is 2.09. The molecule has 25 heavy (non-hydrogen) atoms. The maximum atomic E-state index is 11.4. The van der Waals surface area contributed by atoms with E-state index in [0.717, 1.165) is 32.1 Å². The van der Waals surface area contributed by atoms with E-state index in [9.17, 15) is 4.79 Å². The highest BCUT2D eigenvalue weighted by Gasteiger charge is 2.07. The van der Waals surface area contributed by atoms with Crippen LogP contribution < -0.4 is 0 Å². The summed E-state index contributed by atoms with van der Waals surface area (Å²) in [6.07, 6.45) is 21.1. The Hall–Kier alpha value is -1.13. The first-order valence-electron chi connectivity index (χ1n) is 9.95. The average Bonchev–Trinajstić information content (AvgIpc) is 2.62. The molecule has 0 aromatic rings. The van der Waals surface area contributed by atoms with E-state index in [1.165, 1.54) is 38.5 Å². The standard InChI is InChI=1S/C21H38O4/c1-2-3-4-5-6-7-8-9-10-11-12-13-14-15-16-17-21(24)25-19-20(23)18-22/h5-6,8-9,20,22-23H,2-4,7,10-19H2,1H3. The van der Waals surface area contributed by atoms with Crippen molar-refractivity contribution >= 4 is 5.97 Å². The Morgan fingerprint density at radius 2 is 1.52 bits per heavy atom. The lowest BCUT2D eigenvalue weighted by atomic mass is 10.1. The summed E-state index contributed by atoms with van der Waals surface area (Å²) in [6, 6.07) is 0. The topological polar surface area (TPSA) is 66.8 Å². The number of allylic oxidation sites excluding steroid dienone is 4. The molecule has 0 rings (SSSR count). The molecule has 0 spiro atoms. The summed E-state index contributed by atoms with van der Waals surface area (Å²) in [5.41, 5.74) is 0. The van der Waals surface area contributed by atoms with Gasteiger partial charge in [-0.25, -0.2) is 0 Å². The molecule has 0 bridgehead atoms. The zero-order valence-electron chi connectivity index (χ0n) is 16.0. The van der Waals surface area contributed by atoms with Crippen LogP contribution in [0.1, 0.15) is 84.0 Å². The zero-order valence-corrected chi connectivity index (χ0v) is 16.0. The number of hydrogen-bond donors (Lipinski definition) is 2. The zero-order chi connectivity index (χ0) is 18.6. The molecule has 2 N–H and O–H groups in total. The number of carbonyl (C=O) groups excluding carboxylic acids is 1. The van der Waals surface area contributed by atoms with Gasteiger partial charge in [0.1, 0.15) is 12.7 Å². The van der Waals surface area contributed by atoms with Gasteiger partial charge in [0.25, 0.3) is 0 Å². The summed E-state index contributed by atoms with van der Waals surface area (Å²) in [4.78, 5) is 11.4. The lowest BCUT2D eigenvalue weighted by Crippen LogP contribution is -2.21. The van der Waals surface area contributed by atoms with E-state index >= 15 is 0 Å². The molecule has 4 heteroatoms. The van der Waals surface area contributed by atoms with Crippen LogP contribution in [-0.2, 0) is 9.53 Å². The number of aliphatic hydroxyl groups is 2. The molecular formula is C21H38O4. The van der Waals surface area contributed by atoms with Gasteiger partial charge in [-0.3, -0.25) is 4.79 Å². The van der Waals surface area contributed by atoms with Gasteiger partial charge in [-0.05, 0) is 32.1 Å². The van der Waals surface area contributed by atoms with Crippen LogP contribution >= 0.6 is 0 Å². The third kappa shape index (κ3) is 19.0. The monoisotopic (exact) mass is 354 g/mol. The lowest BCUT2D eigenvalue weighted by Gasteiger charge is -2.08. The normalized spacial score (nSPS) is 12.9. The van der Waals surface area contributed by atoms with Crippen LogP contribution in [0.2, 0.25) is 0 Å². The van der Waals surface area contributed by atoms with Crippen molar-refractivity contribution in [1.29, 1.82) is 0 Å². The molecule has 0 aromatic carbocycles. The Balaban J connectivity index is 3.28. The van der Waals surface area contributed by atoms with Crippen molar-refractivity contribution in [3.8, 4) is 0 Å². The number of aliphatic hydroxyl groups excluding tert-OH is 2. The van der Waals surface area contributed by atoms with Crippen LogP contribution in [0.25, 0.3) is 0 Å². The first kappa shape index (κ1) is 23.9. The van der Waals surface area contributed by atoms with Crippen LogP contribution in [0.15, 0.2) is 24.3 Å². The fourth-order valence-electron chi connectivity index (χ4n) is 2.38. The third-order valence-corrected chi connectivity index (χ3v) is 3.98. The van der Waals surface area contributed by atoms with Crippen LogP contribution in [-0.4, -0.2) is 35.5 Å². The Labute approximate surface area is 154 Å². The Morgan fingerprint density at radius 3 is 2.16 bits per heavy atom. The molecule has 4 nitrogen and oxygen atoms in total. The van der Waals surface area contributed by atoms with Gasteiger partial charge in [0.2, 0.25) is 0 Å². The van der Waals surface area contributed by atoms with Crippen LogP contribution in [0, 0.1) is 0 Å². The molecule has 0 aromatic heterocycles. The van der Waals surface area contributed by atoms with E-state index in [-0.39, 0.29) is 19.2 Å². The maximum Gasteiger partial charge on any atom is 0.305 e. The SMILES string of the molecule is CCCCC=CCC=CCCCCCCCCC(=O)OCC(O)CO. The minimum Gasteiger partial charge on any atom is -0.463 e. The molecule has 0 aliphatic heterocycles. The lowest BCUT2D eigenvalue weighted by molar-refractivity contribution is -0.147. The van der Waals surface area contributed by atoms with Gasteiger partial charge in [0.05, 0.1) is 6.61 Å². The molecule has 0 heterocycles. The highest BCUT2D eigenvalue weighted by atomic mass is 16.5. The number of carbonyl (C=O) groups is 1. The summed E-state index contributed by atoms with van der Waals surface area (Å²) < 4.78 is 4.85. The van der Waals surface area contributed by atoms with Crippen molar-refractivity contribution in [3.05, 3.63) is 24.3 Å². The molecule has 1 atom stereocenters. The van der Waals surface area contributed by atoms with Crippen molar-refractivity contribution in [2.45, 2.75) is 90.1 Å². The van der Waals surface area contributed by atoms with E-state index in [4.69, 9.17) is 14.9 Å². The van der Waals surface area contributed by atoms with Crippen molar-refractivity contribution in [3.63, 3.8) is 0 Å². The van der Waals surface area contributed by atoms with E-state index in [1.54, 1.807) is 0 Å². The molecule has 0 aliphatic rings. The van der Waals surface area contributed by atoms with Gasteiger partial charge in [0, 0.05) is 6.42 Å². The smallest absolute Gasteiger partial charge is 0.305 e. The minimum absolute atomic E-state index is 0.114. The van der Waals surface area contributed by atoms with Gasteiger partial charge in [0.15, 0.2) is 0 Å². The average molecular weight is 355 g/mol. The predicted octanol–water partition coefficient (Wildman–Crippen LogP) is 4.70. The second-order valence-corrected chi connectivity index (χ2v) is 6.50. The largest absolute Gasteiger partial charge is 0.463 e. The number of rotatable bonds is 17. The fourth-order valence-corrected chi connectivity index (χ4v) is 2.38. The number of esters is 1. The summed E-state index contributed by atoms with van der Waals surface area (Å²) in [6.45, 7) is 1.73. The molecular weight excluding hydrogens is 316 g/mol. The third-order valence-electron chi connectivity index (χ3n) is 3.98. The molecule has 1 unspecified atom stereocenters. The van der Waals surface area contributed by atoms with Crippen molar-refractivity contribution < 1.29 is 19.7 Å². The molecule has 0 aliphatic carbocycles. The molecule has 0 fully saturated rings. The van der Waals surface area contributed by atoms with Gasteiger partial charge in [-0.15, -0.1) is 0 Å². The predicted molar refractivity (Wildman–Crippen MR) is 103 cm³/mol. The summed E-state index contributed by atoms with van der Waals surface area (Å²) in [5, 5.41) is 17.7. The Kier molecular flexibility index (Phi) is 18.3. The second kappa shape index (κ2) is 19.2. The highest BCUT2D eigenvalue weighted by molar-refractivity contribution is 5.69. The summed E-state index contributed by atoms with van der Waals surface area (Å²) in [7, 11) is 0. The quantitative estimate of drug-likeness (QED) is 0.226. The number of hydrogen-bond acceptors (Lipinski definition) is 4. The van der Waals surface area contributed by atoms with E-state index in [0.29, 0.717) is 6.42 Å². The van der Waals surface area contributed by atoms with Gasteiger partial charge < -0.3 is 14.9 Å². The summed E-state index contributed by atoms with van der Waals surface area (Å²) in [5.74, 6) is -0.290. The van der Waals surface area contributed by atoms with Crippen molar-refractivity contribution in [2.75, 3.05) is 13.2 Å². The molecule has 0 saturated carbocycles. The van der Waals surface area contributed by atoms with Crippen LogP contribution in [0.3, 0.4) is 0 Å². The van der Waals surface area contributed by atoms with Gasteiger partial charge in [-0.1, -0.05) is 69.8 Å². The minimum atomic E-state index is -0.963. The molecule has 0 radical (unpaired) electrons. The Bertz CT molecular complexity index is 350. The number of ether oxygens (including phenoxy) is 1. The molecule has 146 valence electrons. The first-order chi connectivity index (χ1) is 12.2. The van der Waals surface area contributed by atoms with E-state index < -0.39 is 6.10 Å². The Morgan fingerprint density at radius 1 is 0.920 bits per heavy atom. The van der Waals surface area contributed by atoms with Gasteiger partial charge >= 0.3 is 5.97 Å². The number of unbranched alkanes of at least 4 members (excludes halogenated alkanes) is 8. The molecule has 0 saturated heterocycles. The first-order valence-corrected chi connectivity index (χ1v) is 9.95. The van der Waals surface area contributed by atoms with Gasteiger partial charge in [-0.2, -0.15) is 0 Å². The van der Waals surface area contributed by atoms with E-state index in [2.05, 4.69) is 31.2 Å². The molecule has 0 amide bonds. The van der Waals surface area contributed by atoms with E-state index in [1.807, 2.05) is 0 Å². The van der Waals surface area contributed by atoms with Crippen LogP contribution in [0.4, 0.5) is 0 Å². The van der Waals surface area contributed by atoms with Crippen molar-refractivity contribution in [2.24, 2.45) is 0 Å². The fraction of sp³-hybridized carbons (Fsp3) is 0.762. The second-order valence-electron chi connectivity index (χ2n) is 6.50. The van der Waals surface area contributed by atoms with Crippen LogP contribution in [0.5, 0.6) is 0 Å². The maximum absolute atomic E-state index is 11.4.